The fourth-order valence-electron chi connectivity index (χ4n) is 2.93. The smallest absolute Gasteiger partial charge is 0.338 e. The Kier molecular flexibility index (Phi) is 4.16. The molecule has 0 radical (unpaired) electrons. The van der Waals surface area contributed by atoms with Gasteiger partial charge in [0.05, 0.1) is 24.3 Å². The van der Waals surface area contributed by atoms with Crippen molar-refractivity contribution in [3.8, 4) is 11.1 Å². The Morgan fingerprint density at radius 1 is 0.792 bits per heavy atom. The van der Waals surface area contributed by atoms with E-state index in [9.17, 15) is 14.4 Å². The van der Waals surface area contributed by atoms with Crippen LogP contribution in [0.5, 0.6) is 0 Å². The van der Waals surface area contributed by atoms with Crippen molar-refractivity contribution < 1.29 is 23.9 Å². The fourth-order valence-corrected chi connectivity index (χ4v) is 2.93. The van der Waals surface area contributed by atoms with Crippen molar-refractivity contribution >= 4 is 17.7 Å². The number of benzene rings is 2. The van der Waals surface area contributed by atoms with Gasteiger partial charge in [-0.15, -0.1) is 0 Å². The number of ether oxygens (including phenoxy) is 2. The third-order valence-electron chi connectivity index (χ3n) is 3.86. The number of esters is 2. The van der Waals surface area contributed by atoms with E-state index in [1.165, 1.54) is 0 Å². The molecule has 2 aromatic carbocycles. The van der Waals surface area contributed by atoms with Crippen LogP contribution in [0.2, 0.25) is 0 Å². The van der Waals surface area contributed by atoms with Gasteiger partial charge in [-0.2, -0.15) is 0 Å². The SMILES string of the molecule is CCOC(=O)c1cccc2c1C(=O)c1c(C(=O)OCC)cccc1-2. The Balaban J connectivity index is 2.18. The summed E-state index contributed by atoms with van der Waals surface area (Å²) < 4.78 is 10.1. The van der Waals surface area contributed by atoms with Crippen molar-refractivity contribution in [2.45, 2.75) is 13.8 Å². The minimum absolute atomic E-state index is 0.213. The summed E-state index contributed by atoms with van der Waals surface area (Å²) in [5, 5.41) is 0. The van der Waals surface area contributed by atoms with Gasteiger partial charge >= 0.3 is 11.9 Å². The van der Waals surface area contributed by atoms with Crippen LogP contribution in [0.4, 0.5) is 0 Å². The molecule has 24 heavy (non-hydrogen) atoms. The van der Waals surface area contributed by atoms with Crippen molar-refractivity contribution in [1.82, 2.24) is 0 Å². The summed E-state index contributed by atoms with van der Waals surface area (Å²) in [7, 11) is 0. The molecule has 2 aromatic rings. The summed E-state index contributed by atoms with van der Waals surface area (Å²) in [6.45, 7) is 3.85. The summed E-state index contributed by atoms with van der Waals surface area (Å²) in [4.78, 5) is 37.2. The van der Waals surface area contributed by atoms with Gasteiger partial charge in [0.15, 0.2) is 5.78 Å². The topological polar surface area (TPSA) is 69.7 Å². The van der Waals surface area contributed by atoms with E-state index in [-0.39, 0.29) is 41.3 Å². The molecule has 1 aliphatic rings. The molecule has 0 saturated heterocycles. The van der Waals surface area contributed by atoms with E-state index in [0.29, 0.717) is 11.1 Å². The van der Waals surface area contributed by atoms with Crippen LogP contribution in [0.15, 0.2) is 36.4 Å². The lowest BCUT2D eigenvalue weighted by Gasteiger charge is -2.06. The molecule has 0 atom stereocenters. The van der Waals surface area contributed by atoms with Crippen LogP contribution < -0.4 is 0 Å². The molecule has 0 saturated carbocycles. The summed E-state index contributed by atoms with van der Waals surface area (Å²) in [5.41, 5.74) is 2.25. The maximum absolute atomic E-state index is 12.9. The number of hydrogen-bond donors (Lipinski definition) is 0. The zero-order chi connectivity index (χ0) is 17.3. The average Bonchev–Trinajstić information content (AvgIpc) is 2.88. The second kappa shape index (κ2) is 6.28. The summed E-state index contributed by atoms with van der Waals surface area (Å²) in [5.74, 6) is -1.45. The maximum atomic E-state index is 12.9. The Morgan fingerprint density at radius 2 is 1.21 bits per heavy atom. The average molecular weight is 324 g/mol. The maximum Gasteiger partial charge on any atom is 0.338 e. The molecule has 0 spiro atoms. The first-order chi connectivity index (χ1) is 11.6. The van der Waals surface area contributed by atoms with Gasteiger partial charge in [-0.25, -0.2) is 9.59 Å². The molecule has 0 aromatic heterocycles. The van der Waals surface area contributed by atoms with Crippen molar-refractivity contribution in [2.24, 2.45) is 0 Å². The molecular weight excluding hydrogens is 308 g/mol. The molecule has 0 N–H and O–H groups in total. The van der Waals surface area contributed by atoms with Crippen LogP contribution >= 0.6 is 0 Å². The number of hydrogen-bond acceptors (Lipinski definition) is 5. The van der Waals surface area contributed by atoms with Crippen molar-refractivity contribution in [1.29, 1.82) is 0 Å². The van der Waals surface area contributed by atoms with Crippen LogP contribution in [0.3, 0.4) is 0 Å². The third-order valence-corrected chi connectivity index (χ3v) is 3.86. The molecule has 3 rings (SSSR count). The molecule has 0 fully saturated rings. The lowest BCUT2D eigenvalue weighted by atomic mass is 10.0. The third kappa shape index (κ3) is 2.38. The molecule has 0 amide bonds. The zero-order valence-electron chi connectivity index (χ0n) is 13.4. The highest BCUT2D eigenvalue weighted by molar-refractivity contribution is 6.28. The number of carbonyl (C=O) groups excluding carboxylic acids is 3. The quantitative estimate of drug-likeness (QED) is 0.689. The highest BCUT2D eigenvalue weighted by Crippen LogP contribution is 2.40. The second-order valence-electron chi connectivity index (χ2n) is 5.23. The molecular formula is C19H16O5. The first kappa shape index (κ1) is 15.9. The summed E-state index contributed by atoms with van der Waals surface area (Å²) in [6.07, 6.45) is 0. The van der Waals surface area contributed by atoms with Crippen LogP contribution in [-0.2, 0) is 9.47 Å². The predicted octanol–water partition coefficient (Wildman–Crippen LogP) is 3.25. The van der Waals surface area contributed by atoms with E-state index < -0.39 is 11.9 Å². The number of rotatable bonds is 4. The highest BCUT2D eigenvalue weighted by atomic mass is 16.5. The zero-order valence-corrected chi connectivity index (χ0v) is 13.4. The van der Waals surface area contributed by atoms with Gasteiger partial charge in [0.1, 0.15) is 0 Å². The van der Waals surface area contributed by atoms with Crippen LogP contribution in [-0.4, -0.2) is 30.9 Å². The minimum Gasteiger partial charge on any atom is -0.462 e. The van der Waals surface area contributed by atoms with E-state index >= 15 is 0 Å². The Hall–Kier alpha value is -2.95. The highest BCUT2D eigenvalue weighted by Gasteiger charge is 2.34. The van der Waals surface area contributed by atoms with Gasteiger partial charge in [-0.1, -0.05) is 24.3 Å². The van der Waals surface area contributed by atoms with Gasteiger partial charge in [-0.05, 0) is 37.1 Å². The van der Waals surface area contributed by atoms with E-state index in [4.69, 9.17) is 9.47 Å². The van der Waals surface area contributed by atoms with Crippen molar-refractivity contribution in [3.05, 3.63) is 58.7 Å². The molecule has 0 bridgehead atoms. The Bertz CT molecular complexity index is 781. The van der Waals surface area contributed by atoms with E-state index in [1.54, 1.807) is 50.2 Å². The Labute approximate surface area is 139 Å². The number of fused-ring (bicyclic) bond motifs is 3. The molecule has 0 unspecified atom stereocenters. The molecule has 0 aliphatic heterocycles. The molecule has 0 heterocycles. The molecule has 1 aliphatic carbocycles. The summed E-state index contributed by atoms with van der Waals surface area (Å²) >= 11 is 0. The standard InChI is InChI=1S/C19H16O5/c1-3-23-18(21)13-9-5-7-11-12-8-6-10-14(19(22)24-4-2)16(12)17(20)15(11)13/h5-10H,3-4H2,1-2H3. The first-order valence-corrected chi connectivity index (χ1v) is 7.75. The fraction of sp³-hybridized carbons (Fsp3) is 0.211. The number of carbonyl (C=O) groups is 3. The van der Waals surface area contributed by atoms with Gasteiger partial charge in [0.25, 0.3) is 0 Å². The van der Waals surface area contributed by atoms with Crippen molar-refractivity contribution in [3.63, 3.8) is 0 Å². The Morgan fingerprint density at radius 3 is 1.58 bits per heavy atom. The monoisotopic (exact) mass is 324 g/mol. The van der Waals surface area contributed by atoms with Gasteiger partial charge < -0.3 is 9.47 Å². The van der Waals surface area contributed by atoms with Crippen LogP contribution in [0, 0.1) is 0 Å². The van der Waals surface area contributed by atoms with Crippen LogP contribution in [0.1, 0.15) is 50.5 Å². The lowest BCUT2D eigenvalue weighted by Crippen LogP contribution is -2.13. The largest absolute Gasteiger partial charge is 0.462 e. The lowest BCUT2D eigenvalue weighted by molar-refractivity contribution is 0.0517. The first-order valence-electron chi connectivity index (χ1n) is 7.75. The summed E-state index contributed by atoms with van der Waals surface area (Å²) in [6, 6.07) is 10.0. The molecule has 5 heteroatoms. The van der Waals surface area contributed by atoms with E-state index in [1.807, 2.05) is 0 Å². The number of ketones is 1. The van der Waals surface area contributed by atoms with Crippen molar-refractivity contribution in [2.75, 3.05) is 13.2 Å². The molecule has 5 nitrogen and oxygen atoms in total. The molecule has 122 valence electrons. The van der Waals surface area contributed by atoms with E-state index in [2.05, 4.69) is 0 Å². The predicted molar refractivity (Wildman–Crippen MR) is 87.2 cm³/mol. The van der Waals surface area contributed by atoms with Gasteiger partial charge in [-0.3, -0.25) is 4.79 Å². The van der Waals surface area contributed by atoms with Gasteiger partial charge in [0, 0.05) is 11.1 Å². The normalized spacial score (nSPS) is 11.7. The van der Waals surface area contributed by atoms with Crippen LogP contribution in [0.25, 0.3) is 11.1 Å². The van der Waals surface area contributed by atoms with E-state index in [0.717, 1.165) is 0 Å². The van der Waals surface area contributed by atoms with Gasteiger partial charge in [0.2, 0.25) is 0 Å². The second-order valence-corrected chi connectivity index (χ2v) is 5.23. The minimum atomic E-state index is -0.548.